The number of nitrogens with zero attached hydrogens (tertiary/aromatic N) is 2. The summed E-state index contributed by atoms with van der Waals surface area (Å²) in [4.78, 5) is 3.61. The summed E-state index contributed by atoms with van der Waals surface area (Å²) < 4.78 is 56.4. The van der Waals surface area contributed by atoms with Crippen LogP contribution in [-0.2, 0) is 80.5 Å². The third-order valence-electron chi connectivity index (χ3n) is 9.61. The molecule has 4 rings (SSSR count). The molecule has 311 valence electrons. The molecule has 57 heavy (non-hydrogen) atoms. The maximum Gasteiger partial charge on any atom is 0.124 e. The first kappa shape index (κ1) is 50.0. The molecular formula is C46H62F4N2O4Y. The maximum absolute atomic E-state index is 14.1. The Balaban J connectivity index is 0.000000387. The molecule has 0 saturated carbocycles. The van der Waals surface area contributed by atoms with Crippen LogP contribution in [0.15, 0.2) is 48.5 Å². The average Bonchev–Trinajstić information content (AvgIpc) is 3.01. The molecule has 0 saturated heterocycles. The molecular weight excluding hydrogens is 809 g/mol. The predicted octanol–water partition coefficient (Wildman–Crippen LogP) is 11.2. The van der Waals surface area contributed by atoms with Gasteiger partial charge in [0.15, 0.2) is 0 Å². The minimum Gasteiger partial charge on any atom is -0.507 e. The van der Waals surface area contributed by atoms with E-state index in [0.29, 0.717) is 44.5 Å². The topological polar surface area (TPSA) is 87.4 Å². The van der Waals surface area contributed by atoms with Crippen molar-refractivity contribution in [2.45, 2.75) is 131 Å². The monoisotopic (exact) mass is 871 g/mol. The van der Waals surface area contributed by atoms with Gasteiger partial charge in [-0.05, 0) is 84.3 Å². The van der Waals surface area contributed by atoms with E-state index in [1.165, 1.54) is 48.5 Å². The van der Waals surface area contributed by atoms with Crippen molar-refractivity contribution in [2.24, 2.45) is 0 Å². The van der Waals surface area contributed by atoms with Crippen molar-refractivity contribution in [1.82, 2.24) is 9.80 Å². The largest absolute Gasteiger partial charge is 0.507 e. The van der Waals surface area contributed by atoms with Gasteiger partial charge in [-0.1, -0.05) is 83.1 Å². The van der Waals surface area contributed by atoms with E-state index in [4.69, 9.17) is 0 Å². The summed E-state index contributed by atoms with van der Waals surface area (Å²) in [5.74, 6) is -1.35. The molecule has 6 nitrogen and oxygen atoms in total. The van der Waals surface area contributed by atoms with Crippen LogP contribution in [0.25, 0.3) is 0 Å². The SMILES string of the molecule is CN(Cc1cc(F)cc(C(C)(C)C)c1O)Cc1cc(F)cc(C(C)(C)C)c1O.CN(Cc1cc(F)cc(C(C)(C)C)c1O)Cc1cc(F)cc(C(C)(C)C)c1O.[Y]. The summed E-state index contributed by atoms with van der Waals surface area (Å²) in [6.45, 7) is 24.0. The van der Waals surface area contributed by atoms with E-state index in [1.54, 1.807) is 14.1 Å². The summed E-state index contributed by atoms with van der Waals surface area (Å²) in [5.41, 5.74) is 2.39. The molecule has 0 bridgehead atoms. The molecule has 0 amide bonds. The molecule has 4 aromatic carbocycles. The molecule has 1 radical (unpaired) electrons. The molecule has 0 aliphatic carbocycles. The van der Waals surface area contributed by atoms with Gasteiger partial charge in [0.25, 0.3) is 0 Å². The summed E-state index contributed by atoms with van der Waals surface area (Å²) in [6, 6.07) is 10.7. The van der Waals surface area contributed by atoms with Crippen molar-refractivity contribution in [3.63, 3.8) is 0 Å². The molecule has 0 aromatic heterocycles. The zero-order valence-corrected chi connectivity index (χ0v) is 39.1. The molecule has 0 unspecified atom stereocenters. The van der Waals surface area contributed by atoms with E-state index in [9.17, 15) is 38.0 Å². The summed E-state index contributed by atoms with van der Waals surface area (Å²) in [5, 5.41) is 42.4. The van der Waals surface area contributed by atoms with E-state index in [1.807, 2.05) is 92.9 Å². The third-order valence-corrected chi connectivity index (χ3v) is 9.61. The van der Waals surface area contributed by atoms with Crippen molar-refractivity contribution in [3.8, 4) is 23.0 Å². The number of phenolic OH excluding ortho intramolecular Hbond substituents is 4. The second-order valence-electron chi connectivity index (χ2n) is 19.2. The Morgan fingerprint density at radius 3 is 0.667 bits per heavy atom. The third kappa shape index (κ3) is 13.4. The Morgan fingerprint density at radius 1 is 0.368 bits per heavy atom. The van der Waals surface area contributed by atoms with Crippen LogP contribution in [0.5, 0.6) is 23.0 Å². The fourth-order valence-corrected chi connectivity index (χ4v) is 6.67. The van der Waals surface area contributed by atoms with Gasteiger partial charge in [-0.25, -0.2) is 17.6 Å². The molecule has 0 aliphatic rings. The van der Waals surface area contributed by atoms with Crippen LogP contribution in [0, 0.1) is 23.3 Å². The van der Waals surface area contributed by atoms with E-state index >= 15 is 0 Å². The normalized spacial score (nSPS) is 12.4. The molecule has 4 aromatic rings. The van der Waals surface area contributed by atoms with Gasteiger partial charge in [0, 0.05) is 103 Å². The van der Waals surface area contributed by atoms with Crippen LogP contribution in [0.1, 0.15) is 128 Å². The van der Waals surface area contributed by atoms with Crippen LogP contribution >= 0.6 is 0 Å². The van der Waals surface area contributed by atoms with Gasteiger partial charge >= 0.3 is 0 Å². The summed E-state index contributed by atoms with van der Waals surface area (Å²) in [7, 11) is 3.56. The van der Waals surface area contributed by atoms with Crippen molar-refractivity contribution in [3.05, 3.63) is 116 Å². The average molecular weight is 872 g/mol. The van der Waals surface area contributed by atoms with Crippen molar-refractivity contribution >= 4 is 0 Å². The minimum atomic E-state index is -0.408. The number of rotatable bonds is 8. The Kier molecular flexibility index (Phi) is 16.5. The number of benzene rings is 4. The van der Waals surface area contributed by atoms with Gasteiger partial charge in [0.2, 0.25) is 0 Å². The fourth-order valence-electron chi connectivity index (χ4n) is 6.67. The molecule has 0 aliphatic heterocycles. The maximum atomic E-state index is 14.1. The zero-order valence-electron chi connectivity index (χ0n) is 36.2. The first-order chi connectivity index (χ1) is 25.4. The van der Waals surface area contributed by atoms with Crippen molar-refractivity contribution in [2.75, 3.05) is 14.1 Å². The second-order valence-corrected chi connectivity index (χ2v) is 19.2. The molecule has 0 fully saturated rings. The quantitative estimate of drug-likeness (QED) is 0.132. The van der Waals surface area contributed by atoms with Crippen LogP contribution in [-0.4, -0.2) is 44.3 Å². The molecule has 4 N–H and O–H groups in total. The first-order valence-electron chi connectivity index (χ1n) is 18.8. The van der Waals surface area contributed by atoms with Gasteiger partial charge in [0.1, 0.15) is 46.3 Å². The van der Waals surface area contributed by atoms with Gasteiger partial charge in [-0.2, -0.15) is 0 Å². The van der Waals surface area contributed by atoms with Crippen LogP contribution in [0.2, 0.25) is 0 Å². The molecule has 0 atom stereocenters. The summed E-state index contributed by atoms with van der Waals surface area (Å²) in [6.07, 6.45) is 0. The number of hydrogen-bond acceptors (Lipinski definition) is 6. The van der Waals surface area contributed by atoms with E-state index in [-0.39, 0.29) is 81.9 Å². The number of hydrogen-bond donors (Lipinski definition) is 4. The second kappa shape index (κ2) is 18.8. The van der Waals surface area contributed by atoms with Crippen molar-refractivity contribution < 1.29 is 70.7 Å². The van der Waals surface area contributed by atoms with Gasteiger partial charge in [-0.3, -0.25) is 9.80 Å². The Labute approximate surface area is 362 Å². The first-order valence-corrected chi connectivity index (χ1v) is 18.8. The van der Waals surface area contributed by atoms with Crippen LogP contribution < -0.4 is 0 Å². The van der Waals surface area contributed by atoms with E-state index in [2.05, 4.69) is 0 Å². The zero-order chi connectivity index (χ0) is 42.9. The Bertz CT molecular complexity index is 1740. The Morgan fingerprint density at radius 2 is 0.526 bits per heavy atom. The standard InChI is InChI=1S/2C23H31F2NO2.Y/c2*1-22(2,3)18-10-16(24)8-14(20(18)27)12-26(7)13-15-9-17(25)11-19(21(15)28)23(4,5)6;/h2*8-11,27-28H,12-13H2,1-7H3;. The van der Waals surface area contributed by atoms with Gasteiger partial charge in [-0.15, -0.1) is 0 Å². The number of halogens is 4. The van der Waals surface area contributed by atoms with Gasteiger partial charge in [0.05, 0.1) is 0 Å². The predicted molar refractivity (Wildman–Crippen MR) is 217 cm³/mol. The van der Waals surface area contributed by atoms with Crippen molar-refractivity contribution in [1.29, 1.82) is 0 Å². The summed E-state index contributed by atoms with van der Waals surface area (Å²) >= 11 is 0. The fraction of sp³-hybridized carbons (Fsp3) is 0.478. The number of aromatic hydroxyl groups is 4. The van der Waals surface area contributed by atoms with E-state index < -0.39 is 44.9 Å². The van der Waals surface area contributed by atoms with Crippen LogP contribution in [0.3, 0.4) is 0 Å². The minimum absolute atomic E-state index is 0. The molecule has 11 heteroatoms. The number of phenols is 4. The van der Waals surface area contributed by atoms with E-state index in [0.717, 1.165) is 0 Å². The van der Waals surface area contributed by atoms with Gasteiger partial charge < -0.3 is 20.4 Å². The molecule has 0 spiro atoms. The smallest absolute Gasteiger partial charge is 0.124 e. The molecule has 0 heterocycles. The van der Waals surface area contributed by atoms with Crippen LogP contribution in [0.4, 0.5) is 17.6 Å². The Hall–Kier alpha value is -3.18.